The minimum Gasteiger partial charge on any atom is -0.481 e. The molecule has 0 fully saturated rings. The number of anilines is 4. The molecule has 0 spiro atoms. The number of hydrogen-bond donors (Lipinski definition) is 4. The molecule has 8 rings (SSSR count). The van der Waals surface area contributed by atoms with Crippen molar-refractivity contribution in [3.8, 4) is 22.3 Å². The predicted molar refractivity (Wildman–Crippen MR) is 251 cm³/mol. The van der Waals surface area contributed by atoms with Crippen LogP contribution in [0, 0.1) is 0 Å². The van der Waals surface area contributed by atoms with Gasteiger partial charge in [0.1, 0.15) is 0 Å². The molecular formula is C49H46Cl2N4O4. The van der Waals surface area contributed by atoms with Gasteiger partial charge in [-0.1, -0.05) is 121 Å². The quantitative estimate of drug-likeness (QED) is 0.101. The second kappa shape index (κ2) is 20.2. The summed E-state index contributed by atoms with van der Waals surface area (Å²) < 4.78 is 0. The summed E-state index contributed by atoms with van der Waals surface area (Å²) in [6.45, 7) is 4.15. The van der Waals surface area contributed by atoms with Gasteiger partial charge < -0.3 is 26.4 Å². The number of rotatable bonds is 5. The zero-order chi connectivity index (χ0) is 42.6. The molecule has 0 unspecified atom stereocenters. The minimum absolute atomic E-state index is 0.0711. The molecule has 0 saturated heterocycles. The van der Waals surface area contributed by atoms with Crippen molar-refractivity contribution in [2.45, 2.75) is 20.8 Å². The molecule has 0 bridgehead atoms. The van der Waals surface area contributed by atoms with Gasteiger partial charge in [-0.25, -0.2) is 0 Å². The van der Waals surface area contributed by atoms with E-state index < -0.39 is 5.97 Å². The molecule has 5 N–H and O–H groups in total. The number of carboxylic acid groups (broad SMARTS) is 1. The van der Waals surface area contributed by atoms with Crippen molar-refractivity contribution in [3.05, 3.63) is 146 Å². The van der Waals surface area contributed by atoms with E-state index >= 15 is 0 Å². The summed E-state index contributed by atoms with van der Waals surface area (Å²) >= 11 is 9.53. The van der Waals surface area contributed by atoms with Gasteiger partial charge in [0.15, 0.2) is 0 Å². The zero-order valence-corrected chi connectivity index (χ0v) is 35.0. The maximum absolute atomic E-state index is 11.9. The molecule has 2 amide bonds. The Balaban J connectivity index is 0.000000194. The highest BCUT2D eigenvalue weighted by Crippen LogP contribution is 2.45. The van der Waals surface area contributed by atoms with Gasteiger partial charge in [0, 0.05) is 79.9 Å². The molecule has 0 aromatic heterocycles. The number of fused-ring (bicyclic) bond motifs is 4. The fourth-order valence-corrected chi connectivity index (χ4v) is 7.13. The van der Waals surface area contributed by atoms with E-state index in [4.69, 9.17) is 38.8 Å². The molecule has 0 aliphatic carbocycles. The molecule has 0 aliphatic rings. The van der Waals surface area contributed by atoms with Crippen LogP contribution < -0.4 is 21.3 Å². The van der Waals surface area contributed by atoms with E-state index in [1.807, 2.05) is 66.7 Å². The normalized spacial score (nSPS) is 10.4. The first-order chi connectivity index (χ1) is 28.4. The van der Waals surface area contributed by atoms with Gasteiger partial charge in [0.2, 0.25) is 11.8 Å². The number of carbonyl (C=O) groups excluding carboxylic acids is 2. The van der Waals surface area contributed by atoms with E-state index in [0.717, 1.165) is 78.6 Å². The predicted octanol–water partition coefficient (Wildman–Crippen LogP) is 12.4. The first-order valence-corrected chi connectivity index (χ1v) is 19.8. The van der Waals surface area contributed by atoms with Crippen LogP contribution >= 0.6 is 23.2 Å². The highest BCUT2D eigenvalue weighted by molar-refractivity contribution is 6.40. The summed E-state index contributed by atoms with van der Waals surface area (Å²) in [4.78, 5) is 34.8. The smallest absolute Gasteiger partial charge is 0.300 e. The number of amides is 2. The molecule has 8 aromatic carbocycles. The second-order valence-electron chi connectivity index (χ2n) is 13.7. The monoisotopic (exact) mass is 824 g/mol. The lowest BCUT2D eigenvalue weighted by Gasteiger charge is -2.23. The van der Waals surface area contributed by atoms with E-state index in [-0.39, 0.29) is 17.2 Å². The van der Waals surface area contributed by atoms with Crippen molar-refractivity contribution in [2.75, 3.05) is 40.7 Å². The Morgan fingerprint density at radius 2 is 0.814 bits per heavy atom. The summed E-state index contributed by atoms with van der Waals surface area (Å²) in [6, 6.07) is 49.3. The van der Waals surface area contributed by atoms with Crippen molar-refractivity contribution in [2.24, 2.45) is 0 Å². The average Bonchev–Trinajstić information content (AvgIpc) is 3.20. The molecule has 0 aliphatic heterocycles. The number of carboxylic acids is 1. The molecule has 0 radical (unpaired) electrons. The molecule has 8 nitrogen and oxygen atoms in total. The molecule has 59 heavy (non-hydrogen) atoms. The second-order valence-corrected chi connectivity index (χ2v) is 14.5. The van der Waals surface area contributed by atoms with Gasteiger partial charge >= 0.3 is 0 Å². The van der Waals surface area contributed by atoms with Gasteiger partial charge in [0.25, 0.3) is 5.97 Å². The summed E-state index contributed by atoms with van der Waals surface area (Å²) in [5.41, 5.74) is 13.9. The molecule has 10 heteroatoms. The minimum atomic E-state index is -0.833. The molecule has 0 atom stereocenters. The standard InChI is InChI=1S/C24H22N2O.C22H18N2O.C2H4O2.CH2Cl2/c1-16(27)25-21-14-12-17-8-4-6-10-19(17)23(21)24-20-11-7-5-9-18(20)13-15-22(24)26(2)3;1-14(25)24-20-13-11-16-7-3-5-9-18(16)22(20)21-17-8-4-2-6-15(17)10-12-19(21)23;1-2(3)4;2-1-3/h4-15H,1-3H3,(H,25,27);2-13H,23H2,1H3,(H,24,25);1H3,(H,3,4);1H2. The van der Waals surface area contributed by atoms with Gasteiger partial charge in [-0.3, -0.25) is 14.4 Å². The lowest BCUT2D eigenvalue weighted by Crippen LogP contribution is -2.12. The highest BCUT2D eigenvalue weighted by atomic mass is 35.5. The van der Waals surface area contributed by atoms with Crippen LogP contribution in [0.25, 0.3) is 65.3 Å². The van der Waals surface area contributed by atoms with Crippen molar-refractivity contribution in [3.63, 3.8) is 0 Å². The third-order valence-electron chi connectivity index (χ3n) is 9.33. The number of aliphatic carboxylic acids is 1. The number of nitrogens with one attached hydrogen (secondary N) is 2. The lowest BCUT2D eigenvalue weighted by molar-refractivity contribution is -0.134. The highest BCUT2D eigenvalue weighted by Gasteiger charge is 2.19. The third-order valence-corrected chi connectivity index (χ3v) is 9.33. The molecule has 300 valence electrons. The number of nitrogen functional groups attached to an aromatic ring is 1. The fraction of sp³-hybridized carbons (Fsp3) is 0.122. The van der Waals surface area contributed by atoms with E-state index in [9.17, 15) is 9.59 Å². The van der Waals surface area contributed by atoms with Crippen LogP contribution in [-0.4, -0.2) is 42.3 Å². The van der Waals surface area contributed by atoms with Gasteiger partial charge in [-0.15, -0.1) is 23.2 Å². The molecule has 8 aromatic rings. The van der Waals surface area contributed by atoms with Crippen molar-refractivity contribution in [1.29, 1.82) is 0 Å². The Hall–Kier alpha value is -6.61. The SMILES string of the molecule is CC(=O)Nc1ccc2ccccc2c1-c1c(N(C)C)ccc2ccccc12.CC(=O)Nc1ccc2ccccc2c1-c1c(N)ccc2ccccc12.CC(=O)O.ClCCl. The largest absolute Gasteiger partial charge is 0.481 e. The van der Waals surface area contributed by atoms with Crippen LogP contribution in [0.4, 0.5) is 22.7 Å². The maximum Gasteiger partial charge on any atom is 0.300 e. The average molecular weight is 826 g/mol. The number of carbonyl (C=O) groups is 3. The zero-order valence-electron chi connectivity index (χ0n) is 33.5. The van der Waals surface area contributed by atoms with Crippen LogP contribution in [0.5, 0.6) is 0 Å². The summed E-state index contributed by atoms with van der Waals surface area (Å²) in [5, 5.41) is 22.6. The van der Waals surface area contributed by atoms with Crippen LogP contribution in [0.1, 0.15) is 20.8 Å². The lowest BCUT2D eigenvalue weighted by atomic mass is 9.90. The van der Waals surface area contributed by atoms with E-state index in [1.165, 1.54) is 17.7 Å². The van der Waals surface area contributed by atoms with Crippen molar-refractivity contribution >= 4 is 107 Å². The number of benzene rings is 8. The van der Waals surface area contributed by atoms with Crippen molar-refractivity contribution in [1.82, 2.24) is 0 Å². The molecule has 0 saturated carbocycles. The van der Waals surface area contributed by atoms with E-state index in [0.29, 0.717) is 5.69 Å². The fourth-order valence-electron chi connectivity index (χ4n) is 7.13. The number of alkyl halides is 2. The first-order valence-electron chi connectivity index (χ1n) is 18.7. The van der Waals surface area contributed by atoms with Crippen LogP contribution in [0.2, 0.25) is 0 Å². The maximum atomic E-state index is 11.9. The van der Waals surface area contributed by atoms with E-state index in [2.05, 4.69) is 108 Å². The number of nitrogens with two attached hydrogens (primary N) is 1. The van der Waals surface area contributed by atoms with E-state index in [1.54, 1.807) is 6.92 Å². The number of halogens is 2. The van der Waals surface area contributed by atoms with Gasteiger partial charge in [0.05, 0.1) is 5.34 Å². The number of hydrogen-bond acceptors (Lipinski definition) is 5. The summed E-state index contributed by atoms with van der Waals surface area (Å²) in [6.07, 6.45) is 0. The Labute approximate surface area is 354 Å². The van der Waals surface area contributed by atoms with Crippen molar-refractivity contribution < 1.29 is 19.5 Å². The van der Waals surface area contributed by atoms with Crippen LogP contribution in [0.3, 0.4) is 0 Å². The van der Waals surface area contributed by atoms with Crippen LogP contribution in [-0.2, 0) is 14.4 Å². The Kier molecular flexibility index (Phi) is 14.9. The topological polar surface area (TPSA) is 125 Å². The Morgan fingerprint density at radius 3 is 1.19 bits per heavy atom. The first kappa shape index (κ1) is 43.5. The molecule has 0 heterocycles. The van der Waals surface area contributed by atoms with Gasteiger partial charge in [-0.05, 0) is 67.4 Å². The van der Waals surface area contributed by atoms with Crippen LogP contribution in [0.15, 0.2) is 146 Å². The summed E-state index contributed by atoms with van der Waals surface area (Å²) in [5.74, 6) is -1.01. The molecular weight excluding hydrogens is 779 g/mol. The summed E-state index contributed by atoms with van der Waals surface area (Å²) in [7, 11) is 4.10. The number of nitrogens with zero attached hydrogens (tertiary/aromatic N) is 1. The Morgan fingerprint density at radius 1 is 0.508 bits per heavy atom. The Bertz CT molecular complexity index is 2780. The third kappa shape index (κ3) is 10.5. The van der Waals surface area contributed by atoms with Gasteiger partial charge in [-0.2, -0.15) is 0 Å².